The Balaban J connectivity index is 2.20. The second-order valence-corrected chi connectivity index (χ2v) is 4.47. The van der Waals surface area contributed by atoms with E-state index >= 15 is 0 Å². The maximum absolute atomic E-state index is 12.6. The molecule has 5 heteroatoms. The molecule has 0 spiro atoms. The normalized spacial score (nSPS) is 20.8. The van der Waals surface area contributed by atoms with Crippen LogP contribution in [0.2, 0.25) is 0 Å². The maximum Gasteiger partial charge on any atom is 0.416 e. The van der Waals surface area contributed by atoms with Crippen molar-refractivity contribution in [3.63, 3.8) is 0 Å². The van der Waals surface area contributed by atoms with E-state index in [1.807, 2.05) is 0 Å². The van der Waals surface area contributed by atoms with Gasteiger partial charge in [-0.15, -0.1) is 0 Å². The lowest BCUT2D eigenvalue weighted by Gasteiger charge is -2.14. The molecule has 1 saturated heterocycles. The molecule has 1 aromatic carbocycles. The van der Waals surface area contributed by atoms with Crippen LogP contribution >= 0.6 is 0 Å². The summed E-state index contributed by atoms with van der Waals surface area (Å²) >= 11 is 0. The summed E-state index contributed by atoms with van der Waals surface area (Å²) in [4.78, 5) is 0. The molecule has 0 bridgehead atoms. The van der Waals surface area contributed by atoms with Gasteiger partial charge in [-0.3, -0.25) is 0 Å². The number of alkyl halides is 3. The molecule has 1 fully saturated rings. The Morgan fingerprint density at radius 1 is 1.35 bits per heavy atom. The minimum absolute atomic E-state index is 0.390. The quantitative estimate of drug-likeness (QED) is 0.784. The SMILES string of the molecule is Nc1ccc(C(F)(F)F)cc1CC1CCNC1. The fourth-order valence-electron chi connectivity index (χ4n) is 2.16. The van der Waals surface area contributed by atoms with E-state index in [2.05, 4.69) is 5.32 Å². The number of benzene rings is 1. The monoisotopic (exact) mass is 244 g/mol. The minimum atomic E-state index is -4.30. The highest BCUT2D eigenvalue weighted by Crippen LogP contribution is 2.32. The molecule has 0 amide bonds. The van der Waals surface area contributed by atoms with Gasteiger partial charge in [0.15, 0.2) is 0 Å². The van der Waals surface area contributed by atoms with Gasteiger partial charge in [-0.2, -0.15) is 13.2 Å². The lowest BCUT2D eigenvalue weighted by Crippen LogP contribution is -2.13. The third-order valence-corrected chi connectivity index (χ3v) is 3.14. The lowest BCUT2D eigenvalue weighted by atomic mass is 9.96. The smallest absolute Gasteiger partial charge is 0.399 e. The molecule has 2 nitrogen and oxygen atoms in total. The van der Waals surface area contributed by atoms with Crippen molar-refractivity contribution in [1.29, 1.82) is 0 Å². The molecule has 0 aliphatic carbocycles. The van der Waals surface area contributed by atoms with Gasteiger partial charge in [0.1, 0.15) is 0 Å². The first-order chi connectivity index (χ1) is 7.97. The van der Waals surface area contributed by atoms with E-state index in [0.29, 0.717) is 23.6 Å². The molecule has 1 aliphatic rings. The second kappa shape index (κ2) is 4.56. The molecule has 0 saturated carbocycles. The van der Waals surface area contributed by atoms with E-state index < -0.39 is 11.7 Å². The van der Waals surface area contributed by atoms with E-state index in [0.717, 1.165) is 25.6 Å². The Morgan fingerprint density at radius 3 is 2.71 bits per heavy atom. The topological polar surface area (TPSA) is 38.0 Å². The molecule has 1 atom stereocenters. The Kier molecular flexibility index (Phi) is 3.28. The predicted octanol–water partition coefficient (Wildman–Crippen LogP) is 2.44. The summed E-state index contributed by atoms with van der Waals surface area (Å²) < 4.78 is 37.7. The molecule has 0 aromatic heterocycles. The van der Waals surface area contributed by atoms with Gasteiger partial charge in [0.05, 0.1) is 5.56 Å². The van der Waals surface area contributed by atoms with Gasteiger partial charge in [-0.05, 0) is 55.6 Å². The molecule has 1 aromatic rings. The van der Waals surface area contributed by atoms with E-state index in [9.17, 15) is 13.2 Å². The minimum Gasteiger partial charge on any atom is -0.399 e. The molecule has 1 heterocycles. The maximum atomic E-state index is 12.6. The van der Waals surface area contributed by atoms with Gasteiger partial charge in [0.25, 0.3) is 0 Å². The van der Waals surface area contributed by atoms with Crippen molar-refractivity contribution >= 4 is 5.69 Å². The average Bonchev–Trinajstić information content (AvgIpc) is 2.72. The van der Waals surface area contributed by atoms with Gasteiger partial charge in [-0.25, -0.2) is 0 Å². The standard InChI is InChI=1S/C12H15F3N2/c13-12(14,15)10-1-2-11(16)9(6-10)5-8-3-4-17-7-8/h1-2,6,8,17H,3-5,7,16H2. The summed E-state index contributed by atoms with van der Waals surface area (Å²) in [5.74, 6) is 0.390. The van der Waals surface area contributed by atoms with Gasteiger partial charge in [0.2, 0.25) is 0 Å². The van der Waals surface area contributed by atoms with Crippen molar-refractivity contribution < 1.29 is 13.2 Å². The molecule has 94 valence electrons. The van der Waals surface area contributed by atoms with Crippen LogP contribution in [0.5, 0.6) is 0 Å². The number of nitrogens with one attached hydrogen (secondary N) is 1. The highest BCUT2D eigenvalue weighted by atomic mass is 19.4. The molecule has 3 N–H and O–H groups in total. The predicted molar refractivity (Wildman–Crippen MR) is 60.5 cm³/mol. The van der Waals surface area contributed by atoms with E-state index in [4.69, 9.17) is 5.73 Å². The number of halogens is 3. The van der Waals surface area contributed by atoms with E-state index in [1.165, 1.54) is 12.1 Å². The largest absolute Gasteiger partial charge is 0.416 e. The van der Waals surface area contributed by atoms with E-state index in [-0.39, 0.29) is 0 Å². The zero-order valence-electron chi connectivity index (χ0n) is 9.35. The zero-order valence-corrected chi connectivity index (χ0v) is 9.35. The van der Waals surface area contributed by atoms with Crippen LogP contribution in [0.1, 0.15) is 17.5 Å². The third-order valence-electron chi connectivity index (χ3n) is 3.14. The van der Waals surface area contributed by atoms with Crippen LogP contribution in [0.15, 0.2) is 18.2 Å². The van der Waals surface area contributed by atoms with Crippen molar-refractivity contribution in [3.05, 3.63) is 29.3 Å². The molecule has 2 rings (SSSR count). The van der Waals surface area contributed by atoms with Crippen LogP contribution in [0.3, 0.4) is 0 Å². The van der Waals surface area contributed by atoms with Crippen molar-refractivity contribution in [2.24, 2.45) is 5.92 Å². The van der Waals surface area contributed by atoms with Crippen LogP contribution in [0.25, 0.3) is 0 Å². The second-order valence-electron chi connectivity index (χ2n) is 4.47. The van der Waals surface area contributed by atoms with Gasteiger partial charge >= 0.3 is 6.18 Å². The van der Waals surface area contributed by atoms with Crippen LogP contribution < -0.4 is 11.1 Å². The number of nitrogens with two attached hydrogens (primary N) is 1. The molecular weight excluding hydrogens is 229 g/mol. The summed E-state index contributed by atoms with van der Waals surface area (Å²) in [5.41, 5.74) is 6.16. The van der Waals surface area contributed by atoms with Crippen molar-refractivity contribution in [3.8, 4) is 0 Å². The van der Waals surface area contributed by atoms with Gasteiger partial charge in [0, 0.05) is 5.69 Å². The zero-order chi connectivity index (χ0) is 12.5. The summed E-state index contributed by atoms with van der Waals surface area (Å²) in [5, 5.41) is 3.19. The average molecular weight is 244 g/mol. The van der Waals surface area contributed by atoms with Crippen LogP contribution in [-0.4, -0.2) is 13.1 Å². The molecule has 0 radical (unpaired) electrons. The van der Waals surface area contributed by atoms with Crippen molar-refractivity contribution in [2.75, 3.05) is 18.8 Å². The number of hydrogen-bond acceptors (Lipinski definition) is 2. The number of nitrogen functional groups attached to an aromatic ring is 1. The molecular formula is C12H15F3N2. The Morgan fingerprint density at radius 2 is 2.12 bits per heavy atom. The highest BCUT2D eigenvalue weighted by Gasteiger charge is 2.31. The number of rotatable bonds is 2. The van der Waals surface area contributed by atoms with Crippen LogP contribution in [-0.2, 0) is 12.6 Å². The summed E-state index contributed by atoms with van der Waals surface area (Å²) in [6.07, 6.45) is -2.69. The molecule has 1 unspecified atom stereocenters. The van der Waals surface area contributed by atoms with Crippen molar-refractivity contribution in [2.45, 2.75) is 19.0 Å². The van der Waals surface area contributed by atoms with Gasteiger partial charge < -0.3 is 11.1 Å². The summed E-state index contributed by atoms with van der Waals surface area (Å²) in [7, 11) is 0. The summed E-state index contributed by atoms with van der Waals surface area (Å²) in [6.45, 7) is 1.79. The lowest BCUT2D eigenvalue weighted by molar-refractivity contribution is -0.137. The molecule has 17 heavy (non-hydrogen) atoms. The first-order valence-corrected chi connectivity index (χ1v) is 5.63. The highest BCUT2D eigenvalue weighted by molar-refractivity contribution is 5.49. The Hall–Kier alpha value is -1.23. The van der Waals surface area contributed by atoms with E-state index in [1.54, 1.807) is 0 Å². The fraction of sp³-hybridized carbons (Fsp3) is 0.500. The summed E-state index contributed by atoms with van der Waals surface area (Å²) in [6, 6.07) is 3.56. The fourth-order valence-corrected chi connectivity index (χ4v) is 2.16. The third kappa shape index (κ3) is 2.91. The number of hydrogen-bond donors (Lipinski definition) is 2. The first kappa shape index (κ1) is 12.2. The van der Waals surface area contributed by atoms with Crippen LogP contribution in [0, 0.1) is 5.92 Å². The van der Waals surface area contributed by atoms with Crippen LogP contribution in [0.4, 0.5) is 18.9 Å². The van der Waals surface area contributed by atoms with Gasteiger partial charge in [-0.1, -0.05) is 0 Å². The number of anilines is 1. The van der Waals surface area contributed by atoms with Crippen molar-refractivity contribution in [1.82, 2.24) is 5.32 Å². The first-order valence-electron chi connectivity index (χ1n) is 5.63. The Bertz CT molecular complexity index is 395. The molecule has 1 aliphatic heterocycles. The Labute approximate surface area is 98.0 Å².